The molecule has 0 aliphatic heterocycles. The lowest BCUT2D eigenvalue weighted by atomic mass is 9.95. The van der Waals surface area contributed by atoms with Crippen LogP contribution in [0.1, 0.15) is 48.5 Å². The quantitative estimate of drug-likeness (QED) is 0.378. The summed E-state index contributed by atoms with van der Waals surface area (Å²) in [5, 5.41) is 14.3. The molecule has 1 atom stereocenters. The lowest BCUT2D eigenvalue weighted by molar-refractivity contribution is -0.608. The maximum Gasteiger partial charge on any atom is 0.405 e. The van der Waals surface area contributed by atoms with Gasteiger partial charge in [0.05, 0.1) is 0 Å². The van der Waals surface area contributed by atoms with E-state index in [1.165, 1.54) is 31.3 Å². The third-order valence-electron chi connectivity index (χ3n) is 3.79. The van der Waals surface area contributed by atoms with Crippen molar-refractivity contribution in [3.8, 4) is 0 Å². The van der Waals surface area contributed by atoms with E-state index in [0.29, 0.717) is 16.0 Å². The number of anilines is 1. The van der Waals surface area contributed by atoms with Crippen LogP contribution in [0.15, 0.2) is 48.7 Å². The topological polar surface area (TPSA) is 99.4 Å². The maximum atomic E-state index is 12.4. The van der Waals surface area contributed by atoms with Crippen molar-refractivity contribution < 1.29 is 23.9 Å². The van der Waals surface area contributed by atoms with Crippen molar-refractivity contribution >= 4 is 23.3 Å². The van der Waals surface area contributed by atoms with Crippen molar-refractivity contribution in [1.82, 2.24) is 0 Å². The van der Waals surface area contributed by atoms with E-state index < -0.39 is 23.3 Å². The van der Waals surface area contributed by atoms with Crippen molar-refractivity contribution in [3.05, 3.63) is 65.1 Å². The Bertz CT molecular complexity index is 853. The Morgan fingerprint density at radius 3 is 2.26 bits per heavy atom. The Morgan fingerprint density at radius 2 is 1.70 bits per heavy atom. The zero-order chi connectivity index (χ0) is 20.2. The number of nitrogens with zero attached hydrogens (tertiary/aromatic N) is 1. The molecular weight excluding hydrogens is 348 g/mol. The van der Waals surface area contributed by atoms with Crippen LogP contribution in [0, 0.1) is 10.6 Å². The minimum atomic E-state index is -1.06. The highest BCUT2D eigenvalue weighted by atomic mass is 16.6. The Kier molecular flexibility index (Phi) is 5.95. The highest BCUT2D eigenvalue weighted by molar-refractivity contribution is 6.01. The molecule has 2 rings (SSSR count). The number of aromatic nitrogens is 1. The molecule has 0 radical (unpaired) electrons. The lowest BCUT2D eigenvalue weighted by Gasteiger charge is -2.18. The number of ether oxygens (including phenoxy) is 1. The van der Waals surface area contributed by atoms with E-state index in [1.807, 2.05) is 0 Å². The van der Waals surface area contributed by atoms with Gasteiger partial charge in [0.1, 0.15) is 0 Å². The van der Waals surface area contributed by atoms with Gasteiger partial charge in [-0.15, -0.1) is 0 Å². The molecule has 1 aromatic carbocycles. The second-order valence-electron chi connectivity index (χ2n) is 7.10. The summed E-state index contributed by atoms with van der Waals surface area (Å²) in [4.78, 5) is 36.5. The van der Waals surface area contributed by atoms with Crippen molar-refractivity contribution in [1.29, 1.82) is 0 Å². The summed E-state index contributed by atoms with van der Waals surface area (Å²) < 4.78 is 5.48. The minimum Gasteiger partial charge on any atom is -0.618 e. The number of carbonyl (C=O) groups is 3. The first-order valence-corrected chi connectivity index (χ1v) is 8.44. The van der Waals surface area contributed by atoms with Gasteiger partial charge in [0.15, 0.2) is 12.3 Å². The number of Topliss-reactive ketones (excluding diaryl/α,β-unsaturated/α-hetero) is 1. The molecule has 7 heteroatoms. The van der Waals surface area contributed by atoms with Crippen LogP contribution in [-0.2, 0) is 9.53 Å². The molecule has 0 spiro atoms. The lowest BCUT2D eigenvalue weighted by Crippen LogP contribution is -2.36. The smallest absolute Gasteiger partial charge is 0.405 e. The maximum absolute atomic E-state index is 12.4. The summed E-state index contributed by atoms with van der Waals surface area (Å²) in [5.41, 5.74) is 0.157. The Labute approximate surface area is 157 Å². The third kappa shape index (κ3) is 5.13. The molecule has 7 nitrogen and oxygen atoms in total. The standard InChI is InChI=1S/C20H22N2O5/c1-13(27-18(24)16-7-5-6-12-22(16)26)17(23)14-8-10-15(11-9-14)21-19(25)20(2,3)4/h5-13H,1-4H3,(H,21,25)/t13-/m0/s1. The fraction of sp³-hybridized carbons (Fsp3) is 0.300. The monoisotopic (exact) mass is 370 g/mol. The molecule has 0 saturated heterocycles. The van der Waals surface area contributed by atoms with Crippen molar-refractivity contribution in [2.24, 2.45) is 5.41 Å². The van der Waals surface area contributed by atoms with Crippen LogP contribution in [0.25, 0.3) is 0 Å². The van der Waals surface area contributed by atoms with Gasteiger partial charge in [-0.25, -0.2) is 4.79 Å². The normalized spacial score (nSPS) is 12.1. The second-order valence-corrected chi connectivity index (χ2v) is 7.10. The van der Waals surface area contributed by atoms with Gasteiger partial charge in [0.25, 0.3) is 0 Å². The summed E-state index contributed by atoms with van der Waals surface area (Å²) in [6.07, 6.45) is 0.112. The summed E-state index contributed by atoms with van der Waals surface area (Å²) in [5.74, 6) is -1.43. The highest BCUT2D eigenvalue weighted by Crippen LogP contribution is 2.18. The van der Waals surface area contributed by atoms with Gasteiger partial charge in [-0.1, -0.05) is 20.8 Å². The summed E-state index contributed by atoms with van der Waals surface area (Å²) in [6, 6.07) is 10.6. The molecule has 0 fully saturated rings. The molecule has 0 saturated carbocycles. The zero-order valence-electron chi connectivity index (χ0n) is 15.7. The predicted molar refractivity (Wildman–Crippen MR) is 99.1 cm³/mol. The molecule has 0 unspecified atom stereocenters. The molecule has 0 bridgehead atoms. The third-order valence-corrected chi connectivity index (χ3v) is 3.79. The fourth-order valence-electron chi connectivity index (χ4n) is 2.13. The molecule has 1 aromatic heterocycles. The number of benzene rings is 1. The van der Waals surface area contributed by atoms with Gasteiger partial charge in [0, 0.05) is 28.8 Å². The first-order valence-electron chi connectivity index (χ1n) is 8.44. The average Bonchev–Trinajstić information content (AvgIpc) is 2.61. The molecule has 142 valence electrons. The minimum absolute atomic E-state index is 0.141. The van der Waals surface area contributed by atoms with Crippen molar-refractivity contribution in [3.63, 3.8) is 0 Å². The van der Waals surface area contributed by atoms with E-state index in [-0.39, 0.29) is 11.6 Å². The van der Waals surface area contributed by atoms with Gasteiger partial charge >= 0.3 is 11.7 Å². The van der Waals surface area contributed by atoms with Gasteiger partial charge in [0.2, 0.25) is 11.7 Å². The van der Waals surface area contributed by atoms with Crippen LogP contribution >= 0.6 is 0 Å². The van der Waals surface area contributed by atoms with Crippen LogP contribution in [0.2, 0.25) is 0 Å². The van der Waals surface area contributed by atoms with Crippen LogP contribution < -0.4 is 10.0 Å². The first-order chi connectivity index (χ1) is 12.6. The van der Waals surface area contributed by atoms with E-state index in [9.17, 15) is 19.6 Å². The second kappa shape index (κ2) is 7.99. The average molecular weight is 370 g/mol. The molecule has 1 N–H and O–H groups in total. The summed E-state index contributed by atoms with van der Waals surface area (Å²) in [7, 11) is 0. The molecule has 0 aliphatic rings. The molecule has 0 aliphatic carbocycles. The van der Waals surface area contributed by atoms with Crippen LogP contribution in [0.3, 0.4) is 0 Å². The number of hydrogen-bond acceptors (Lipinski definition) is 5. The Balaban J connectivity index is 2.03. The van der Waals surface area contributed by atoms with Crippen molar-refractivity contribution in [2.45, 2.75) is 33.8 Å². The number of hydrogen-bond donors (Lipinski definition) is 1. The molecular formula is C20H22N2O5. The molecule has 1 amide bonds. The summed E-state index contributed by atoms with van der Waals surface area (Å²) >= 11 is 0. The van der Waals surface area contributed by atoms with Gasteiger partial charge in [-0.2, -0.15) is 4.73 Å². The molecule has 27 heavy (non-hydrogen) atoms. The van der Waals surface area contributed by atoms with E-state index in [0.717, 1.165) is 0 Å². The number of pyridine rings is 1. The van der Waals surface area contributed by atoms with Gasteiger partial charge in [-0.3, -0.25) is 9.59 Å². The van der Waals surface area contributed by atoms with Crippen LogP contribution in [-0.4, -0.2) is 23.8 Å². The number of amides is 1. The number of rotatable bonds is 5. The number of nitrogens with one attached hydrogen (secondary N) is 1. The number of esters is 1. The fourth-order valence-corrected chi connectivity index (χ4v) is 2.13. The highest BCUT2D eigenvalue weighted by Gasteiger charge is 2.25. The van der Waals surface area contributed by atoms with Gasteiger partial charge < -0.3 is 15.3 Å². The van der Waals surface area contributed by atoms with E-state index in [4.69, 9.17) is 4.74 Å². The number of carbonyl (C=O) groups excluding carboxylic acids is 3. The van der Waals surface area contributed by atoms with E-state index in [2.05, 4.69) is 5.32 Å². The number of ketones is 1. The largest absolute Gasteiger partial charge is 0.618 e. The molecule has 1 heterocycles. The molecule has 2 aromatic rings. The Hall–Kier alpha value is -3.22. The van der Waals surface area contributed by atoms with Gasteiger partial charge in [-0.05, 0) is 37.3 Å². The Morgan fingerprint density at radius 1 is 1.07 bits per heavy atom. The van der Waals surface area contributed by atoms with Crippen LogP contribution in [0.4, 0.5) is 5.69 Å². The summed E-state index contributed by atoms with van der Waals surface area (Å²) in [6.45, 7) is 6.84. The van der Waals surface area contributed by atoms with Crippen molar-refractivity contribution in [2.75, 3.05) is 5.32 Å². The van der Waals surface area contributed by atoms with Crippen LogP contribution in [0.5, 0.6) is 0 Å². The SMILES string of the molecule is C[C@H](OC(=O)c1cccc[n+]1[O-])C(=O)c1ccc(NC(=O)C(C)(C)C)cc1. The first kappa shape index (κ1) is 20.1. The van der Waals surface area contributed by atoms with E-state index >= 15 is 0 Å². The zero-order valence-corrected chi connectivity index (χ0v) is 15.7. The van der Waals surface area contributed by atoms with E-state index in [1.54, 1.807) is 45.0 Å². The predicted octanol–water partition coefficient (Wildman–Crippen LogP) is 2.73.